The van der Waals surface area contributed by atoms with Crippen LogP contribution in [0, 0.1) is 5.92 Å². The van der Waals surface area contributed by atoms with E-state index in [2.05, 4.69) is 56.6 Å². The van der Waals surface area contributed by atoms with Gasteiger partial charge in [-0.15, -0.1) is 0 Å². The number of benzene rings is 2. The molecule has 0 spiro atoms. The van der Waals surface area contributed by atoms with Gasteiger partial charge in [-0.3, -0.25) is 5.10 Å². The Labute approximate surface area is 203 Å². The summed E-state index contributed by atoms with van der Waals surface area (Å²) in [4.78, 5) is 13.1. The number of rotatable bonds is 8. The second kappa shape index (κ2) is 9.18. The fourth-order valence-electron chi connectivity index (χ4n) is 4.50. The van der Waals surface area contributed by atoms with Gasteiger partial charge in [-0.1, -0.05) is 67.4 Å². The lowest BCUT2D eigenvalue weighted by Gasteiger charge is -2.14. The van der Waals surface area contributed by atoms with Crippen LogP contribution in [-0.2, 0) is 6.42 Å². The molecule has 174 valence electrons. The van der Waals surface area contributed by atoms with Crippen LogP contribution in [0.25, 0.3) is 22.4 Å². The van der Waals surface area contributed by atoms with Crippen LogP contribution >= 0.6 is 0 Å². The average Bonchev–Trinajstić information content (AvgIpc) is 3.38. The molecule has 1 fully saturated rings. The lowest BCUT2D eigenvalue weighted by atomic mass is 9.92. The summed E-state index contributed by atoms with van der Waals surface area (Å²) in [5, 5.41) is 7.48. The summed E-state index contributed by atoms with van der Waals surface area (Å²) in [7, 11) is 0. The molecule has 0 bridgehead atoms. The summed E-state index contributed by atoms with van der Waals surface area (Å²) in [6.07, 6.45) is 11.5. The summed E-state index contributed by atoms with van der Waals surface area (Å²) >= 11 is 0. The molecule has 0 radical (unpaired) electrons. The first-order valence-corrected chi connectivity index (χ1v) is 11.9. The topological polar surface area (TPSA) is 107 Å². The second-order valence-electron chi connectivity index (χ2n) is 9.16. The number of nitrogens with zero attached hydrogens (tertiary/aromatic N) is 4. The molecule has 7 nitrogen and oxygen atoms in total. The van der Waals surface area contributed by atoms with Crippen molar-refractivity contribution in [3.05, 3.63) is 102 Å². The zero-order chi connectivity index (χ0) is 23.6. The molecule has 1 aliphatic carbocycles. The zero-order valence-corrected chi connectivity index (χ0v) is 19.3. The van der Waals surface area contributed by atoms with E-state index in [0.717, 1.165) is 52.7 Å². The Morgan fingerprint density at radius 1 is 0.971 bits per heavy atom. The average molecular weight is 463 g/mol. The minimum atomic E-state index is 0.109. The van der Waals surface area contributed by atoms with Crippen LogP contribution in [0.5, 0.6) is 0 Å². The van der Waals surface area contributed by atoms with E-state index in [1.165, 1.54) is 24.0 Å². The molecule has 2 aromatic carbocycles. The van der Waals surface area contributed by atoms with Crippen LogP contribution in [-0.4, -0.2) is 25.1 Å². The fraction of sp³-hybridized carbons (Fsp3) is 0.214. The normalized spacial score (nSPS) is 14.2. The van der Waals surface area contributed by atoms with E-state index in [1.54, 1.807) is 18.7 Å². The Morgan fingerprint density at radius 3 is 2.49 bits per heavy atom. The van der Waals surface area contributed by atoms with Gasteiger partial charge in [0.15, 0.2) is 0 Å². The first-order valence-electron chi connectivity index (χ1n) is 11.9. The summed E-state index contributed by atoms with van der Waals surface area (Å²) in [6.45, 7) is 0. The first-order chi connectivity index (χ1) is 17.2. The Morgan fingerprint density at radius 2 is 1.74 bits per heavy atom. The first kappa shape index (κ1) is 21.3. The molecular weight excluding hydrogens is 436 g/mol. The third-order valence-corrected chi connectivity index (χ3v) is 6.61. The molecule has 6 rings (SSSR count). The Balaban J connectivity index is 1.27. The summed E-state index contributed by atoms with van der Waals surface area (Å²) in [6, 6.07) is 18.8. The number of aromatic amines is 1. The number of hydrogen-bond acceptors (Lipinski definition) is 6. The molecule has 1 aliphatic rings. The van der Waals surface area contributed by atoms with Crippen molar-refractivity contribution in [2.24, 2.45) is 5.92 Å². The van der Waals surface area contributed by atoms with E-state index in [9.17, 15) is 0 Å². The predicted octanol–water partition coefficient (Wildman–Crippen LogP) is 5.63. The summed E-state index contributed by atoms with van der Waals surface area (Å²) in [5.41, 5.74) is 12.8. The number of anilines is 1. The summed E-state index contributed by atoms with van der Waals surface area (Å²) < 4.78 is 6.08. The third-order valence-electron chi connectivity index (χ3n) is 6.61. The quantitative estimate of drug-likeness (QED) is 0.310. The van der Waals surface area contributed by atoms with Crippen molar-refractivity contribution >= 4 is 5.95 Å². The molecule has 3 heterocycles. The number of oxazole rings is 1. The van der Waals surface area contributed by atoms with Crippen LogP contribution < -0.4 is 5.73 Å². The number of nitrogen functional groups attached to an aromatic ring is 1. The third kappa shape index (κ3) is 4.71. The highest BCUT2D eigenvalue weighted by atomic mass is 16.3. The molecule has 7 heteroatoms. The highest BCUT2D eigenvalue weighted by molar-refractivity contribution is 5.63. The van der Waals surface area contributed by atoms with E-state index in [4.69, 9.17) is 15.1 Å². The number of aromatic nitrogens is 5. The molecule has 3 N–H and O–H groups in total. The van der Waals surface area contributed by atoms with E-state index >= 15 is 0 Å². The molecule has 0 amide bonds. The van der Waals surface area contributed by atoms with Crippen LogP contribution in [0.1, 0.15) is 47.9 Å². The van der Waals surface area contributed by atoms with Crippen molar-refractivity contribution in [2.75, 3.05) is 5.73 Å². The minimum Gasteiger partial charge on any atom is -0.448 e. The molecule has 1 unspecified atom stereocenters. The van der Waals surface area contributed by atoms with Crippen molar-refractivity contribution in [3.63, 3.8) is 0 Å². The van der Waals surface area contributed by atoms with Crippen LogP contribution in [0.15, 0.2) is 83.9 Å². The maximum absolute atomic E-state index is 6.08. The fourth-order valence-corrected chi connectivity index (χ4v) is 4.50. The second-order valence-corrected chi connectivity index (χ2v) is 9.16. The number of H-pyrrole nitrogens is 1. The maximum atomic E-state index is 6.08. The minimum absolute atomic E-state index is 0.109. The lowest BCUT2D eigenvalue weighted by molar-refractivity contribution is 0.448. The van der Waals surface area contributed by atoms with E-state index in [0.29, 0.717) is 0 Å². The van der Waals surface area contributed by atoms with Crippen molar-refractivity contribution in [1.29, 1.82) is 0 Å². The SMILES string of the molecule is Nc1ncc(-c2ccc(C(CC3CC3)c3nc(-c4c[nH]nc4Cc4ccccc4)co3)cc2)cn1. The van der Waals surface area contributed by atoms with Gasteiger partial charge in [0.05, 0.1) is 11.6 Å². The van der Waals surface area contributed by atoms with Gasteiger partial charge in [0, 0.05) is 36.1 Å². The number of hydrogen-bond donors (Lipinski definition) is 2. The molecular formula is C28H26N6O. The van der Waals surface area contributed by atoms with Gasteiger partial charge in [0.25, 0.3) is 0 Å². The maximum Gasteiger partial charge on any atom is 0.219 e. The van der Waals surface area contributed by atoms with Crippen LogP contribution in [0.2, 0.25) is 0 Å². The molecule has 3 aromatic heterocycles. The molecule has 1 atom stereocenters. The van der Waals surface area contributed by atoms with Crippen LogP contribution in [0.3, 0.4) is 0 Å². The van der Waals surface area contributed by atoms with Crippen LogP contribution in [0.4, 0.5) is 5.95 Å². The van der Waals surface area contributed by atoms with E-state index in [1.807, 2.05) is 24.4 Å². The lowest BCUT2D eigenvalue weighted by Crippen LogP contribution is -2.03. The zero-order valence-electron chi connectivity index (χ0n) is 19.3. The van der Waals surface area contributed by atoms with Gasteiger partial charge in [0.2, 0.25) is 11.8 Å². The van der Waals surface area contributed by atoms with Crippen molar-refractivity contribution in [1.82, 2.24) is 25.1 Å². The number of nitrogens with one attached hydrogen (secondary N) is 1. The Hall–Kier alpha value is -4.26. The predicted molar refractivity (Wildman–Crippen MR) is 134 cm³/mol. The van der Waals surface area contributed by atoms with Gasteiger partial charge >= 0.3 is 0 Å². The standard InChI is InChI=1S/C28H26N6O/c29-28-30-14-22(15-31-28)20-8-10-21(11-9-20)23(12-19-6-7-19)27-33-26(17-35-27)24-16-32-34-25(24)13-18-4-2-1-3-5-18/h1-5,8-11,14-17,19,23H,6-7,12-13H2,(H,32,34)(H2,29,30,31). The van der Waals surface area contributed by atoms with Gasteiger partial charge in [-0.05, 0) is 29.0 Å². The smallest absolute Gasteiger partial charge is 0.219 e. The molecule has 1 saturated carbocycles. The largest absolute Gasteiger partial charge is 0.448 e. The van der Waals surface area contributed by atoms with Gasteiger partial charge in [0.1, 0.15) is 12.0 Å². The van der Waals surface area contributed by atoms with Crippen molar-refractivity contribution in [3.8, 4) is 22.4 Å². The molecule has 5 aromatic rings. The molecule has 0 aliphatic heterocycles. The summed E-state index contributed by atoms with van der Waals surface area (Å²) in [5.74, 6) is 1.86. The molecule has 0 saturated heterocycles. The van der Waals surface area contributed by atoms with Gasteiger partial charge in [-0.25, -0.2) is 15.0 Å². The Bertz CT molecular complexity index is 1400. The highest BCUT2D eigenvalue weighted by Gasteiger charge is 2.30. The van der Waals surface area contributed by atoms with Crippen molar-refractivity contribution in [2.45, 2.75) is 31.6 Å². The van der Waals surface area contributed by atoms with Gasteiger partial charge < -0.3 is 10.2 Å². The Kier molecular flexibility index (Phi) is 5.58. The molecule has 35 heavy (non-hydrogen) atoms. The number of nitrogens with two attached hydrogens (primary N) is 1. The van der Waals surface area contributed by atoms with E-state index in [-0.39, 0.29) is 11.9 Å². The van der Waals surface area contributed by atoms with Crippen molar-refractivity contribution < 1.29 is 4.42 Å². The van der Waals surface area contributed by atoms with E-state index < -0.39 is 0 Å². The van der Waals surface area contributed by atoms with Gasteiger partial charge in [-0.2, -0.15) is 5.10 Å². The monoisotopic (exact) mass is 462 g/mol. The highest BCUT2D eigenvalue weighted by Crippen LogP contribution is 2.42.